The maximum atomic E-state index is 15.0. The summed E-state index contributed by atoms with van der Waals surface area (Å²) in [5, 5.41) is 3.44. The lowest BCUT2D eigenvalue weighted by atomic mass is 10.1. The SMILES string of the molecule is COCCN1CCC(=Nc2cccc3c2cc(C#CCNc2ccc(S(C)(=O)=O)cc2OC)n3CC(F)(F)F)[C@H](F)C1. The van der Waals surface area contributed by atoms with E-state index in [1.54, 1.807) is 25.3 Å². The van der Waals surface area contributed by atoms with Gasteiger partial charge in [-0.1, -0.05) is 12.0 Å². The summed E-state index contributed by atoms with van der Waals surface area (Å²) in [5.74, 6) is 5.92. The zero-order valence-electron chi connectivity index (χ0n) is 23.5. The second kappa shape index (κ2) is 13.1. The number of methoxy groups -OCH3 is 2. The molecule has 226 valence electrons. The lowest BCUT2D eigenvalue weighted by Crippen LogP contribution is -2.43. The Bertz CT molecular complexity index is 1620. The largest absolute Gasteiger partial charge is 0.495 e. The van der Waals surface area contributed by atoms with Crippen molar-refractivity contribution < 1.29 is 35.5 Å². The smallest absolute Gasteiger partial charge is 0.406 e. The minimum absolute atomic E-state index is 0.0420. The van der Waals surface area contributed by atoms with Gasteiger partial charge in [0.05, 0.1) is 53.5 Å². The van der Waals surface area contributed by atoms with Crippen molar-refractivity contribution in [3.8, 4) is 17.6 Å². The van der Waals surface area contributed by atoms with Gasteiger partial charge in [0.2, 0.25) is 0 Å². The number of anilines is 1. The van der Waals surface area contributed by atoms with E-state index in [-0.39, 0.29) is 34.9 Å². The van der Waals surface area contributed by atoms with E-state index >= 15 is 0 Å². The van der Waals surface area contributed by atoms with Gasteiger partial charge in [-0.3, -0.25) is 9.89 Å². The van der Waals surface area contributed by atoms with Crippen LogP contribution >= 0.6 is 0 Å². The molecule has 2 aromatic carbocycles. The highest BCUT2D eigenvalue weighted by Gasteiger charge is 2.30. The molecule has 1 N–H and O–H groups in total. The number of hydrogen-bond donors (Lipinski definition) is 1. The Morgan fingerprint density at radius 3 is 2.62 bits per heavy atom. The molecule has 42 heavy (non-hydrogen) atoms. The van der Waals surface area contributed by atoms with Gasteiger partial charge in [-0.2, -0.15) is 13.2 Å². The lowest BCUT2D eigenvalue weighted by Gasteiger charge is -2.29. The van der Waals surface area contributed by atoms with Gasteiger partial charge in [0.15, 0.2) is 16.0 Å². The quantitative estimate of drug-likeness (QED) is 0.277. The predicted octanol–water partition coefficient (Wildman–Crippen LogP) is 4.84. The number of fused-ring (bicyclic) bond motifs is 1. The molecule has 0 aliphatic carbocycles. The molecule has 1 saturated heterocycles. The van der Waals surface area contributed by atoms with Gasteiger partial charge in [-0.05, 0) is 36.3 Å². The number of sulfone groups is 1. The monoisotopic (exact) mass is 608 g/mol. The van der Waals surface area contributed by atoms with Gasteiger partial charge in [-0.25, -0.2) is 12.8 Å². The Hall–Kier alpha value is -3.60. The Morgan fingerprint density at radius 1 is 1.17 bits per heavy atom. The molecule has 1 aromatic heterocycles. The number of aliphatic imine (C=N–C) groups is 1. The summed E-state index contributed by atoms with van der Waals surface area (Å²) < 4.78 is 90.7. The van der Waals surface area contributed by atoms with E-state index in [9.17, 15) is 26.0 Å². The van der Waals surface area contributed by atoms with Crippen LogP contribution in [0.2, 0.25) is 0 Å². The van der Waals surface area contributed by atoms with Crippen molar-refractivity contribution in [3.63, 3.8) is 0 Å². The van der Waals surface area contributed by atoms with Crippen LogP contribution in [0.4, 0.5) is 28.9 Å². The Kier molecular flexibility index (Phi) is 9.81. The summed E-state index contributed by atoms with van der Waals surface area (Å²) >= 11 is 0. The summed E-state index contributed by atoms with van der Waals surface area (Å²) in [7, 11) is -0.456. The molecule has 4 rings (SSSR count). The molecule has 3 aromatic rings. The number of piperidine rings is 1. The third kappa shape index (κ3) is 7.81. The van der Waals surface area contributed by atoms with Crippen LogP contribution in [0.1, 0.15) is 12.1 Å². The van der Waals surface area contributed by atoms with E-state index in [4.69, 9.17) is 9.47 Å². The van der Waals surface area contributed by atoms with Gasteiger partial charge >= 0.3 is 6.18 Å². The molecular formula is C29H32F4N4O4S. The fraction of sp³-hybridized carbons (Fsp3) is 0.414. The van der Waals surface area contributed by atoms with Gasteiger partial charge < -0.3 is 19.4 Å². The number of rotatable bonds is 9. The molecule has 1 fully saturated rings. The first-order valence-electron chi connectivity index (χ1n) is 13.1. The van der Waals surface area contributed by atoms with Crippen LogP contribution in [0.15, 0.2) is 52.4 Å². The molecule has 8 nitrogen and oxygen atoms in total. The molecule has 13 heteroatoms. The van der Waals surface area contributed by atoms with Crippen LogP contribution in [0, 0.1) is 11.8 Å². The van der Waals surface area contributed by atoms with Crippen molar-refractivity contribution in [2.24, 2.45) is 4.99 Å². The zero-order valence-corrected chi connectivity index (χ0v) is 24.3. The van der Waals surface area contributed by atoms with E-state index in [0.717, 1.165) is 10.8 Å². The van der Waals surface area contributed by atoms with E-state index in [0.29, 0.717) is 48.6 Å². The second-order valence-corrected chi connectivity index (χ2v) is 11.9. The predicted molar refractivity (Wildman–Crippen MR) is 154 cm³/mol. The molecule has 1 atom stereocenters. The zero-order chi connectivity index (χ0) is 30.5. The van der Waals surface area contributed by atoms with Crippen molar-refractivity contribution in [1.82, 2.24) is 9.47 Å². The van der Waals surface area contributed by atoms with Crippen LogP contribution in [0.3, 0.4) is 0 Å². The van der Waals surface area contributed by atoms with Gasteiger partial charge in [-0.15, -0.1) is 0 Å². The minimum Gasteiger partial charge on any atom is -0.495 e. The molecule has 0 bridgehead atoms. The summed E-state index contributed by atoms with van der Waals surface area (Å²) in [5.41, 5.74) is 1.63. The standard InChI is InChI=1S/C29H32F4N4O4S/c1-40-15-14-36-13-11-25(23(30)18-36)35-24-7-4-8-27-22(24)16-20(37(27)19-29(31,32)33)6-5-12-34-26-10-9-21(42(3,38)39)17-28(26)41-2/h4,7-10,16-17,23,34H,11-15,18-19H2,1-3H3/t23-/m1/s1. The molecule has 0 saturated carbocycles. The molecule has 0 unspecified atom stereocenters. The summed E-state index contributed by atoms with van der Waals surface area (Å²) in [6, 6.07) is 10.7. The maximum Gasteiger partial charge on any atom is 0.406 e. The molecule has 2 heterocycles. The highest BCUT2D eigenvalue weighted by Crippen LogP contribution is 2.33. The van der Waals surface area contributed by atoms with Crippen molar-refractivity contribution >= 4 is 37.8 Å². The topological polar surface area (TPSA) is 85.2 Å². The summed E-state index contributed by atoms with van der Waals surface area (Å²) in [6.45, 7) is 0.677. The van der Waals surface area contributed by atoms with Gasteiger partial charge in [0.1, 0.15) is 12.3 Å². The third-order valence-electron chi connectivity index (χ3n) is 6.78. The van der Waals surface area contributed by atoms with E-state index in [1.165, 1.54) is 31.4 Å². The van der Waals surface area contributed by atoms with Crippen LogP contribution < -0.4 is 10.1 Å². The van der Waals surface area contributed by atoms with Crippen molar-refractivity contribution in [3.05, 3.63) is 48.2 Å². The van der Waals surface area contributed by atoms with Gasteiger partial charge in [0, 0.05) is 50.9 Å². The number of nitrogens with one attached hydrogen (secondary N) is 1. The minimum atomic E-state index is -4.50. The summed E-state index contributed by atoms with van der Waals surface area (Å²) in [4.78, 5) is 6.58. The van der Waals surface area contributed by atoms with Crippen LogP contribution in [0.5, 0.6) is 5.75 Å². The molecule has 0 radical (unpaired) electrons. The van der Waals surface area contributed by atoms with Gasteiger partial charge in [0.25, 0.3) is 0 Å². The second-order valence-electron chi connectivity index (χ2n) is 9.84. The number of ether oxygens (including phenoxy) is 2. The molecule has 1 aliphatic heterocycles. The molecule has 0 spiro atoms. The van der Waals surface area contributed by atoms with Crippen molar-refractivity contribution in [2.45, 2.75) is 30.2 Å². The highest BCUT2D eigenvalue weighted by atomic mass is 32.2. The first-order valence-corrected chi connectivity index (χ1v) is 15.0. The van der Waals surface area contributed by atoms with E-state index < -0.39 is 28.7 Å². The number of benzene rings is 2. The fourth-order valence-electron chi connectivity index (χ4n) is 4.70. The Balaban J connectivity index is 1.61. The number of aromatic nitrogens is 1. The summed E-state index contributed by atoms with van der Waals surface area (Å²) in [6.07, 6.45) is -4.31. The number of halogens is 4. The van der Waals surface area contributed by atoms with Crippen molar-refractivity contribution in [1.29, 1.82) is 0 Å². The molecular weight excluding hydrogens is 576 g/mol. The average molecular weight is 609 g/mol. The highest BCUT2D eigenvalue weighted by molar-refractivity contribution is 7.90. The molecule has 1 aliphatic rings. The normalized spacial score (nSPS) is 17.3. The first-order chi connectivity index (χ1) is 19.9. The van der Waals surface area contributed by atoms with E-state index in [1.807, 2.05) is 4.90 Å². The Morgan fingerprint density at radius 2 is 1.95 bits per heavy atom. The van der Waals surface area contributed by atoms with Crippen LogP contribution in [-0.4, -0.2) is 89.2 Å². The fourth-order valence-corrected chi connectivity index (χ4v) is 5.34. The lowest BCUT2D eigenvalue weighted by molar-refractivity contribution is -0.140. The number of likely N-dealkylation sites (tertiary alicyclic amines) is 1. The number of nitrogens with zero attached hydrogens (tertiary/aromatic N) is 3. The average Bonchev–Trinajstić information content (AvgIpc) is 3.27. The Labute approximate surface area is 242 Å². The van der Waals surface area contributed by atoms with Crippen LogP contribution in [0.25, 0.3) is 10.9 Å². The maximum absolute atomic E-state index is 15.0. The number of hydrogen-bond acceptors (Lipinski definition) is 7. The van der Waals surface area contributed by atoms with Crippen molar-refractivity contribution in [2.75, 3.05) is 58.6 Å². The third-order valence-corrected chi connectivity index (χ3v) is 7.90. The molecule has 0 amide bonds. The van der Waals surface area contributed by atoms with Crippen LogP contribution in [-0.2, 0) is 21.1 Å². The van der Waals surface area contributed by atoms with E-state index in [2.05, 4.69) is 22.2 Å². The number of alkyl halides is 4. The first kappa shape index (κ1) is 31.3.